The molecule has 70 valence electrons. The number of rotatable bonds is 3. The Hall–Kier alpha value is -0.350. The Bertz CT molecular complexity index is 278. The highest BCUT2D eigenvalue weighted by Crippen LogP contribution is 2.25. The lowest BCUT2D eigenvalue weighted by molar-refractivity contribution is -0.121. The predicted octanol–water partition coefficient (Wildman–Crippen LogP) is 2.01. The summed E-state index contributed by atoms with van der Waals surface area (Å²) in [7, 11) is 0. The topological polar surface area (TPSA) is 30.0 Å². The van der Waals surface area contributed by atoms with Gasteiger partial charge in [-0.25, -0.2) is 4.98 Å². The number of aromatic nitrogens is 1. The van der Waals surface area contributed by atoms with Gasteiger partial charge in [-0.1, -0.05) is 0 Å². The van der Waals surface area contributed by atoms with Crippen LogP contribution in [0, 0.1) is 5.92 Å². The number of carbonyl (C=O) groups excluding carboxylic acids is 1. The van der Waals surface area contributed by atoms with Gasteiger partial charge in [0.25, 0.3) is 0 Å². The minimum atomic E-state index is 0.300. The molecule has 0 saturated carbocycles. The fourth-order valence-electron chi connectivity index (χ4n) is 1.42. The lowest BCUT2D eigenvalue weighted by atomic mass is 10.0. The standard InChI is InChI=1S/C9H11NOS2/c11-8(7-1-3-12-6-7)5-9-10-2-4-13-9/h2,4,7H,1,3,5-6H2. The van der Waals surface area contributed by atoms with Crippen LogP contribution < -0.4 is 0 Å². The van der Waals surface area contributed by atoms with Gasteiger partial charge in [0.05, 0.1) is 11.4 Å². The molecule has 0 N–H and O–H groups in total. The molecule has 1 aliphatic rings. The van der Waals surface area contributed by atoms with Gasteiger partial charge >= 0.3 is 0 Å². The van der Waals surface area contributed by atoms with Crippen molar-refractivity contribution in [2.24, 2.45) is 5.92 Å². The van der Waals surface area contributed by atoms with Gasteiger partial charge in [-0.15, -0.1) is 11.3 Å². The number of thioether (sulfide) groups is 1. The Labute approximate surface area is 85.8 Å². The van der Waals surface area contributed by atoms with E-state index in [4.69, 9.17) is 0 Å². The first-order valence-electron chi connectivity index (χ1n) is 4.35. The fraction of sp³-hybridized carbons (Fsp3) is 0.556. The van der Waals surface area contributed by atoms with Crippen molar-refractivity contribution in [3.8, 4) is 0 Å². The second-order valence-electron chi connectivity index (χ2n) is 3.13. The van der Waals surface area contributed by atoms with Crippen molar-refractivity contribution in [2.75, 3.05) is 11.5 Å². The zero-order valence-corrected chi connectivity index (χ0v) is 8.87. The number of carbonyl (C=O) groups is 1. The Balaban J connectivity index is 1.91. The quantitative estimate of drug-likeness (QED) is 0.769. The molecule has 0 aromatic carbocycles. The number of nitrogens with zero attached hydrogens (tertiary/aromatic N) is 1. The molecule has 2 nitrogen and oxygen atoms in total. The summed E-state index contributed by atoms with van der Waals surface area (Å²) in [6.45, 7) is 0. The van der Waals surface area contributed by atoms with Crippen LogP contribution in [0.15, 0.2) is 11.6 Å². The van der Waals surface area contributed by atoms with E-state index in [1.54, 1.807) is 17.5 Å². The van der Waals surface area contributed by atoms with E-state index < -0.39 is 0 Å². The maximum absolute atomic E-state index is 11.7. The number of Topliss-reactive ketones (excluding diaryl/α,β-unsaturated/α-hetero) is 1. The molecule has 0 bridgehead atoms. The van der Waals surface area contributed by atoms with E-state index in [1.165, 1.54) is 0 Å². The molecule has 1 atom stereocenters. The molecule has 1 unspecified atom stereocenters. The second-order valence-corrected chi connectivity index (χ2v) is 5.26. The van der Waals surface area contributed by atoms with Crippen molar-refractivity contribution in [1.82, 2.24) is 4.98 Å². The Morgan fingerprint density at radius 3 is 3.23 bits per heavy atom. The first-order valence-corrected chi connectivity index (χ1v) is 6.38. The van der Waals surface area contributed by atoms with Crippen LogP contribution >= 0.6 is 23.1 Å². The second kappa shape index (κ2) is 4.24. The molecule has 4 heteroatoms. The van der Waals surface area contributed by atoms with Crippen molar-refractivity contribution in [3.63, 3.8) is 0 Å². The average Bonchev–Trinajstić information content (AvgIpc) is 2.74. The van der Waals surface area contributed by atoms with Gasteiger partial charge in [0.2, 0.25) is 0 Å². The summed E-state index contributed by atoms with van der Waals surface area (Å²) in [6.07, 6.45) is 3.37. The smallest absolute Gasteiger partial charge is 0.143 e. The highest BCUT2D eigenvalue weighted by atomic mass is 32.2. The summed E-state index contributed by atoms with van der Waals surface area (Å²) in [5.41, 5.74) is 0. The molecule has 1 fully saturated rings. The Morgan fingerprint density at radius 2 is 2.62 bits per heavy atom. The third-order valence-electron chi connectivity index (χ3n) is 2.19. The van der Waals surface area contributed by atoms with Crippen molar-refractivity contribution < 1.29 is 4.79 Å². The van der Waals surface area contributed by atoms with E-state index in [-0.39, 0.29) is 0 Å². The van der Waals surface area contributed by atoms with Crippen LogP contribution in [-0.2, 0) is 11.2 Å². The molecule has 0 spiro atoms. The average molecular weight is 213 g/mol. The van der Waals surface area contributed by atoms with Crippen molar-refractivity contribution in [2.45, 2.75) is 12.8 Å². The first kappa shape index (κ1) is 9.21. The summed E-state index contributed by atoms with van der Waals surface area (Å²) in [5.74, 6) is 2.84. The first-order chi connectivity index (χ1) is 6.36. The molecular weight excluding hydrogens is 202 g/mol. The third-order valence-corrected chi connectivity index (χ3v) is 4.14. The van der Waals surface area contributed by atoms with E-state index in [0.717, 1.165) is 22.9 Å². The molecule has 0 amide bonds. The van der Waals surface area contributed by atoms with E-state index in [9.17, 15) is 4.79 Å². The van der Waals surface area contributed by atoms with Crippen molar-refractivity contribution in [1.29, 1.82) is 0 Å². The zero-order chi connectivity index (χ0) is 9.10. The summed E-state index contributed by atoms with van der Waals surface area (Å²) in [4.78, 5) is 15.8. The predicted molar refractivity (Wildman–Crippen MR) is 56.3 cm³/mol. The Kier molecular flexibility index (Phi) is 3.01. The number of hydrogen-bond acceptors (Lipinski definition) is 4. The normalized spacial score (nSPS) is 22.0. The fourth-order valence-corrected chi connectivity index (χ4v) is 3.30. The third kappa shape index (κ3) is 2.31. The minimum Gasteiger partial charge on any atom is -0.299 e. The molecule has 0 radical (unpaired) electrons. The summed E-state index contributed by atoms with van der Waals surface area (Å²) in [6, 6.07) is 0. The number of hydrogen-bond donors (Lipinski definition) is 0. The number of thiazole rings is 1. The highest BCUT2D eigenvalue weighted by Gasteiger charge is 2.23. The van der Waals surface area contributed by atoms with E-state index in [2.05, 4.69) is 4.98 Å². The molecule has 1 aliphatic heterocycles. The molecule has 13 heavy (non-hydrogen) atoms. The van der Waals surface area contributed by atoms with Crippen LogP contribution in [0.2, 0.25) is 0 Å². The minimum absolute atomic E-state index is 0.300. The van der Waals surface area contributed by atoms with Gasteiger partial charge in [0.15, 0.2) is 0 Å². The zero-order valence-electron chi connectivity index (χ0n) is 7.23. The molecule has 1 aromatic heterocycles. The van der Waals surface area contributed by atoms with Crippen LogP contribution in [0.3, 0.4) is 0 Å². The van der Waals surface area contributed by atoms with Crippen LogP contribution in [0.1, 0.15) is 11.4 Å². The SMILES string of the molecule is O=C(Cc1nccs1)C1CCSC1. The van der Waals surface area contributed by atoms with Crippen LogP contribution in [0.25, 0.3) is 0 Å². The summed E-state index contributed by atoms with van der Waals surface area (Å²) in [5, 5.41) is 2.88. The summed E-state index contributed by atoms with van der Waals surface area (Å²) >= 11 is 3.46. The van der Waals surface area contributed by atoms with E-state index in [0.29, 0.717) is 18.1 Å². The molecule has 0 aliphatic carbocycles. The lowest BCUT2D eigenvalue weighted by Gasteiger charge is -2.04. The maximum Gasteiger partial charge on any atom is 0.143 e. The van der Waals surface area contributed by atoms with Crippen LogP contribution in [0.4, 0.5) is 0 Å². The molecule has 2 heterocycles. The monoisotopic (exact) mass is 213 g/mol. The number of ketones is 1. The van der Waals surface area contributed by atoms with Gasteiger partial charge in [0.1, 0.15) is 5.78 Å². The molecule has 1 saturated heterocycles. The molecule has 2 rings (SSSR count). The van der Waals surface area contributed by atoms with Crippen molar-refractivity contribution >= 4 is 28.9 Å². The van der Waals surface area contributed by atoms with Gasteiger partial charge < -0.3 is 0 Å². The molecular formula is C9H11NOS2. The lowest BCUT2D eigenvalue weighted by Crippen LogP contribution is -2.15. The molecule has 1 aromatic rings. The van der Waals surface area contributed by atoms with E-state index >= 15 is 0 Å². The summed E-state index contributed by atoms with van der Waals surface area (Å²) < 4.78 is 0. The largest absolute Gasteiger partial charge is 0.299 e. The van der Waals surface area contributed by atoms with Gasteiger partial charge in [-0.05, 0) is 12.2 Å². The van der Waals surface area contributed by atoms with Gasteiger partial charge in [-0.2, -0.15) is 11.8 Å². The van der Waals surface area contributed by atoms with Crippen molar-refractivity contribution in [3.05, 3.63) is 16.6 Å². The van der Waals surface area contributed by atoms with Crippen LogP contribution in [0.5, 0.6) is 0 Å². The van der Waals surface area contributed by atoms with Crippen LogP contribution in [-0.4, -0.2) is 22.3 Å². The van der Waals surface area contributed by atoms with Gasteiger partial charge in [0, 0.05) is 23.2 Å². The van der Waals surface area contributed by atoms with E-state index in [1.807, 2.05) is 17.1 Å². The van der Waals surface area contributed by atoms with Gasteiger partial charge in [-0.3, -0.25) is 4.79 Å². The Morgan fingerprint density at radius 1 is 1.69 bits per heavy atom. The highest BCUT2D eigenvalue weighted by molar-refractivity contribution is 7.99. The maximum atomic E-state index is 11.7.